The van der Waals surface area contributed by atoms with Gasteiger partial charge >= 0.3 is 0 Å². The highest BCUT2D eigenvalue weighted by atomic mass is 16.5. The Bertz CT molecular complexity index is 510. The molecule has 106 valence electrons. The Balaban J connectivity index is 1.81. The number of hydrogen-bond acceptors (Lipinski definition) is 2. The van der Waals surface area contributed by atoms with Crippen LogP contribution in [-0.2, 0) is 0 Å². The average Bonchev–Trinajstić information content (AvgIpc) is 2.50. The lowest BCUT2D eigenvalue weighted by Crippen LogP contribution is -2.14. The second-order valence-electron chi connectivity index (χ2n) is 5.09. The molecule has 2 rings (SSSR count). The van der Waals surface area contributed by atoms with E-state index in [2.05, 4.69) is 31.2 Å². The van der Waals surface area contributed by atoms with Gasteiger partial charge in [0.2, 0.25) is 0 Å². The molecule has 0 spiro atoms. The van der Waals surface area contributed by atoms with E-state index in [1.165, 1.54) is 11.1 Å². The lowest BCUT2D eigenvalue weighted by molar-refractivity contribution is 0.301. The molecule has 0 heterocycles. The fourth-order valence-corrected chi connectivity index (χ4v) is 2.48. The van der Waals surface area contributed by atoms with E-state index in [1.54, 1.807) is 0 Å². The van der Waals surface area contributed by atoms with Crippen molar-refractivity contribution in [3.05, 3.63) is 65.7 Å². The molecule has 20 heavy (non-hydrogen) atoms. The standard InChI is InChI=1S/C18H23NO/c1-15-8-5-6-12-18(15)16(14-19)9-7-13-20-17-10-3-2-4-11-17/h2-6,8,10-12,16H,7,9,13-14,19H2,1H3. The van der Waals surface area contributed by atoms with Crippen LogP contribution in [0.5, 0.6) is 5.75 Å². The molecule has 0 aliphatic heterocycles. The number of benzene rings is 2. The zero-order valence-corrected chi connectivity index (χ0v) is 12.1. The largest absolute Gasteiger partial charge is 0.494 e. The van der Waals surface area contributed by atoms with E-state index in [4.69, 9.17) is 10.5 Å². The third kappa shape index (κ3) is 4.10. The summed E-state index contributed by atoms with van der Waals surface area (Å²) in [5.74, 6) is 1.36. The van der Waals surface area contributed by atoms with Crippen molar-refractivity contribution in [2.45, 2.75) is 25.7 Å². The molecule has 0 fully saturated rings. The van der Waals surface area contributed by atoms with Crippen LogP contribution in [0.4, 0.5) is 0 Å². The zero-order valence-electron chi connectivity index (χ0n) is 12.1. The first-order valence-corrected chi connectivity index (χ1v) is 7.24. The van der Waals surface area contributed by atoms with Crippen LogP contribution in [0.15, 0.2) is 54.6 Å². The highest BCUT2D eigenvalue weighted by Gasteiger charge is 2.11. The molecular formula is C18H23NO. The van der Waals surface area contributed by atoms with Crippen LogP contribution in [0.1, 0.15) is 29.9 Å². The summed E-state index contributed by atoms with van der Waals surface area (Å²) in [6.07, 6.45) is 2.08. The Kier molecular flexibility index (Phi) is 5.63. The molecule has 1 atom stereocenters. The van der Waals surface area contributed by atoms with Gasteiger partial charge in [-0.25, -0.2) is 0 Å². The molecule has 2 N–H and O–H groups in total. The van der Waals surface area contributed by atoms with E-state index >= 15 is 0 Å². The van der Waals surface area contributed by atoms with E-state index in [0.29, 0.717) is 12.5 Å². The van der Waals surface area contributed by atoms with Crippen molar-refractivity contribution in [1.82, 2.24) is 0 Å². The average molecular weight is 269 g/mol. The summed E-state index contributed by atoms with van der Waals surface area (Å²) < 4.78 is 5.73. The number of aryl methyl sites for hydroxylation is 1. The Hall–Kier alpha value is -1.80. The third-order valence-electron chi connectivity index (χ3n) is 3.62. The van der Waals surface area contributed by atoms with E-state index in [-0.39, 0.29) is 0 Å². The molecule has 0 radical (unpaired) electrons. The van der Waals surface area contributed by atoms with Gasteiger partial charge in [0.15, 0.2) is 0 Å². The summed E-state index contributed by atoms with van der Waals surface area (Å²) >= 11 is 0. The lowest BCUT2D eigenvalue weighted by atomic mass is 9.91. The van der Waals surface area contributed by atoms with Crippen molar-refractivity contribution in [3.8, 4) is 5.75 Å². The summed E-state index contributed by atoms with van der Waals surface area (Å²) in [4.78, 5) is 0. The highest BCUT2D eigenvalue weighted by Crippen LogP contribution is 2.23. The summed E-state index contributed by atoms with van der Waals surface area (Å²) in [5, 5.41) is 0. The van der Waals surface area contributed by atoms with E-state index < -0.39 is 0 Å². The second kappa shape index (κ2) is 7.71. The van der Waals surface area contributed by atoms with Gasteiger partial charge in [-0.15, -0.1) is 0 Å². The van der Waals surface area contributed by atoms with Crippen LogP contribution in [0.2, 0.25) is 0 Å². The van der Waals surface area contributed by atoms with E-state index in [0.717, 1.165) is 25.2 Å². The van der Waals surface area contributed by atoms with Crippen molar-refractivity contribution in [2.24, 2.45) is 5.73 Å². The molecule has 0 bridgehead atoms. The number of ether oxygens (including phenoxy) is 1. The van der Waals surface area contributed by atoms with Gasteiger partial charge in [0.25, 0.3) is 0 Å². The minimum atomic E-state index is 0.426. The van der Waals surface area contributed by atoms with Crippen molar-refractivity contribution >= 4 is 0 Å². The number of rotatable bonds is 7. The van der Waals surface area contributed by atoms with Crippen LogP contribution < -0.4 is 10.5 Å². The first-order chi connectivity index (χ1) is 9.81. The maximum atomic E-state index is 5.93. The lowest BCUT2D eigenvalue weighted by Gasteiger charge is -2.17. The molecular weight excluding hydrogens is 246 g/mol. The fourth-order valence-electron chi connectivity index (χ4n) is 2.48. The molecule has 0 aromatic heterocycles. The molecule has 0 aliphatic rings. The summed E-state index contributed by atoms with van der Waals surface area (Å²) in [6, 6.07) is 18.5. The van der Waals surface area contributed by atoms with E-state index in [1.807, 2.05) is 30.3 Å². The SMILES string of the molecule is Cc1ccccc1C(CN)CCCOc1ccccc1. The van der Waals surface area contributed by atoms with Gasteiger partial charge in [-0.05, 0) is 55.5 Å². The zero-order chi connectivity index (χ0) is 14.2. The maximum Gasteiger partial charge on any atom is 0.119 e. The molecule has 2 aromatic rings. The van der Waals surface area contributed by atoms with Gasteiger partial charge in [-0.2, -0.15) is 0 Å². The topological polar surface area (TPSA) is 35.2 Å². The van der Waals surface area contributed by atoms with Crippen LogP contribution in [-0.4, -0.2) is 13.2 Å². The molecule has 2 nitrogen and oxygen atoms in total. The van der Waals surface area contributed by atoms with Crippen molar-refractivity contribution in [2.75, 3.05) is 13.2 Å². The van der Waals surface area contributed by atoms with Gasteiger partial charge in [0.1, 0.15) is 5.75 Å². The quantitative estimate of drug-likeness (QED) is 0.774. The van der Waals surface area contributed by atoms with Crippen LogP contribution in [0.3, 0.4) is 0 Å². The minimum Gasteiger partial charge on any atom is -0.494 e. The smallest absolute Gasteiger partial charge is 0.119 e. The third-order valence-corrected chi connectivity index (χ3v) is 3.62. The first kappa shape index (κ1) is 14.6. The number of nitrogens with two attached hydrogens (primary N) is 1. The molecule has 0 aliphatic carbocycles. The monoisotopic (exact) mass is 269 g/mol. The van der Waals surface area contributed by atoms with Crippen molar-refractivity contribution in [3.63, 3.8) is 0 Å². The van der Waals surface area contributed by atoms with Crippen molar-refractivity contribution in [1.29, 1.82) is 0 Å². The van der Waals surface area contributed by atoms with Crippen LogP contribution in [0.25, 0.3) is 0 Å². The Morgan fingerprint density at radius 1 is 1.00 bits per heavy atom. The van der Waals surface area contributed by atoms with Crippen molar-refractivity contribution < 1.29 is 4.74 Å². The second-order valence-corrected chi connectivity index (χ2v) is 5.09. The molecule has 1 unspecified atom stereocenters. The van der Waals surface area contributed by atoms with Gasteiger partial charge in [-0.1, -0.05) is 42.5 Å². The van der Waals surface area contributed by atoms with Crippen LogP contribution in [0, 0.1) is 6.92 Å². The fraction of sp³-hybridized carbons (Fsp3) is 0.333. The van der Waals surface area contributed by atoms with Gasteiger partial charge in [0, 0.05) is 0 Å². The predicted octanol–water partition coefficient (Wildman–Crippen LogP) is 3.90. The normalized spacial score (nSPS) is 12.1. The predicted molar refractivity (Wildman–Crippen MR) is 84.1 cm³/mol. The molecule has 2 aromatic carbocycles. The van der Waals surface area contributed by atoms with Gasteiger partial charge in [-0.3, -0.25) is 0 Å². The first-order valence-electron chi connectivity index (χ1n) is 7.24. The Labute approximate surface area is 121 Å². The Morgan fingerprint density at radius 2 is 1.70 bits per heavy atom. The summed E-state index contributed by atoms with van der Waals surface area (Å²) in [5.41, 5.74) is 8.62. The minimum absolute atomic E-state index is 0.426. The van der Waals surface area contributed by atoms with E-state index in [9.17, 15) is 0 Å². The van der Waals surface area contributed by atoms with Gasteiger partial charge < -0.3 is 10.5 Å². The maximum absolute atomic E-state index is 5.93. The molecule has 0 saturated carbocycles. The Morgan fingerprint density at radius 3 is 2.40 bits per heavy atom. The van der Waals surface area contributed by atoms with Crippen LogP contribution >= 0.6 is 0 Å². The molecule has 0 saturated heterocycles. The number of para-hydroxylation sites is 1. The highest BCUT2D eigenvalue weighted by molar-refractivity contribution is 5.29. The molecule has 0 amide bonds. The summed E-state index contributed by atoms with van der Waals surface area (Å²) in [6.45, 7) is 3.58. The number of hydrogen-bond donors (Lipinski definition) is 1. The summed E-state index contributed by atoms with van der Waals surface area (Å²) in [7, 11) is 0. The van der Waals surface area contributed by atoms with Gasteiger partial charge in [0.05, 0.1) is 6.61 Å². The molecule has 2 heteroatoms.